The van der Waals surface area contributed by atoms with Crippen LogP contribution in [-0.2, 0) is 7.05 Å². The molecule has 1 heterocycles. The normalized spacial score (nSPS) is 10.2. The van der Waals surface area contributed by atoms with Gasteiger partial charge in [0.1, 0.15) is 17.4 Å². The molecule has 0 saturated heterocycles. The summed E-state index contributed by atoms with van der Waals surface area (Å²) in [4.78, 5) is 12.0. The predicted molar refractivity (Wildman–Crippen MR) is 65.2 cm³/mol. The molecule has 1 aromatic heterocycles. The van der Waals surface area contributed by atoms with Crippen LogP contribution in [0, 0.1) is 18.3 Å². The minimum absolute atomic E-state index is 0.188. The van der Waals surface area contributed by atoms with Gasteiger partial charge in [-0.25, -0.2) is 0 Å². The standard InChI is InChI=1S/C13H12N2O2/c1-8-9-5-4-6-11(17-3)12(9)15(2)13(16)10(8)7-14/h4-6H,1-3H3. The molecule has 1 aromatic carbocycles. The molecule has 0 N–H and O–H groups in total. The van der Waals surface area contributed by atoms with Crippen LogP contribution < -0.4 is 10.3 Å². The molecular formula is C13H12N2O2. The third kappa shape index (κ3) is 1.48. The summed E-state index contributed by atoms with van der Waals surface area (Å²) in [6.45, 7) is 1.78. The molecule has 0 aliphatic rings. The van der Waals surface area contributed by atoms with E-state index in [1.807, 2.05) is 18.2 Å². The van der Waals surface area contributed by atoms with Crippen LogP contribution in [0.15, 0.2) is 23.0 Å². The number of pyridine rings is 1. The number of hydrogen-bond acceptors (Lipinski definition) is 3. The maximum absolute atomic E-state index is 12.0. The fraction of sp³-hybridized carbons (Fsp3) is 0.231. The van der Waals surface area contributed by atoms with Crippen LogP contribution in [0.4, 0.5) is 0 Å². The van der Waals surface area contributed by atoms with Crippen LogP contribution in [0.2, 0.25) is 0 Å². The Morgan fingerprint density at radius 1 is 1.41 bits per heavy atom. The molecule has 0 atom stereocenters. The van der Waals surface area contributed by atoms with Gasteiger partial charge in [0.15, 0.2) is 0 Å². The second-order valence-electron chi connectivity index (χ2n) is 3.83. The van der Waals surface area contributed by atoms with Crippen molar-refractivity contribution >= 4 is 10.9 Å². The molecule has 0 fully saturated rings. The van der Waals surface area contributed by atoms with E-state index in [1.54, 1.807) is 27.1 Å². The van der Waals surface area contributed by atoms with Crippen molar-refractivity contribution in [3.8, 4) is 11.8 Å². The maximum Gasteiger partial charge on any atom is 0.269 e. The average molecular weight is 228 g/mol. The first-order valence-corrected chi connectivity index (χ1v) is 5.18. The zero-order valence-electron chi connectivity index (χ0n) is 9.94. The third-order valence-electron chi connectivity index (χ3n) is 2.96. The maximum atomic E-state index is 12.0. The lowest BCUT2D eigenvalue weighted by Gasteiger charge is -2.12. The van der Waals surface area contributed by atoms with Crippen molar-refractivity contribution in [2.45, 2.75) is 6.92 Å². The molecule has 0 spiro atoms. The highest BCUT2D eigenvalue weighted by Gasteiger charge is 2.14. The number of ether oxygens (including phenoxy) is 1. The van der Waals surface area contributed by atoms with Gasteiger partial charge in [-0.05, 0) is 18.6 Å². The van der Waals surface area contributed by atoms with Gasteiger partial charge in [-0.2, -0.15) is 5.26 Å². The lowest BCUT2D eigenvalue weighted by atomic mass is 10.0. The summed E-state index contributed by atoms with van der Waals surface area (Å²) in [5.41, 5.74) is 1.32. The Labute approximate surface area is 98.7 Å². The van der Waals surface area contributed by atoms with Crippen LogP contribution in [0.25, 0.3) is 10.9 Å². The van der Waals surface area contributed by atoms with Gasteiger partial charge in [-0.15, -0.1) is 0 Å². The van der Waals surface area contributed by atoms with E-state index in [-0.39, 0.29) is 11.1 Å². The Balaban J connectivity index is 3.10. The fourth-order valence-electron chi connectivity index (χ4n) is 2.03. The number of fused-ring (bicyclic) bond motifs is 1. The van der Waals surface area contributed by atoms with Crippen molar-refractivity contribution in [3.63, 3.8) is 0 Å². The lowest BCUT2D eigenvalue weighted by Crippen LogP contribution is -2.21. The highest BCUT2D eigenvalue weighted by Crippen LogP contribution is 2.26. The molecule has 0 unspecified atom stereocenters. The van der Waals surface area contributed by atoms with Crippen LogP contribution in [0.5, 0.6) is 5.75 Å². The van der Waals surface area contributed by atoms with E-state index >= 15 is 0 Å². The third-order valence-corrected chi connectivity index (χ3v) is 2.96. The number of nitrogens with zero attached hydrogens (tertiary/aromatic N) is 2. The number of para-hydroxylation sites is 1. The first kappa shape index (κ1) is 11.2. The quantitative estimate of drug-likeness (QED) is 0.746. The van der Waals surface area contributed by atoms with E-state index in [2.05, 4.69) is 0 Å². The molecule has 2 rings (SSSR count). The molecule has 86 valence electrons. The van der Waals surface area contributed by atoms with Crippen molar-refractivity contribution in [2.24, 2.45) is 7.05 Å². The smallest absolute Gasteiger partial charge is 0.269 e. The molecule has 4 nitrogen and oxygen atoms in total. The number of aromatic nitrogens is 1. The van der Waals surface area contributed by atoms with Gasteiger partial charge in [0, 0.05) is 12.4 Å². The summed E-state index contributed by atoms with van der Waals surface area (Å²) < 4.78 is 6.71. The molecule has 0 bridgehead atoms. The summed E-state index contributed by atoms with van der Waals surface area (Å²) >= 11 is 0. The van der Waals surface area contributed by atoms with Gasteiger partial charge in [0.2, 0.25) is 0 Å². The predicted octanol–water partition coefficient (Wildman–Crippen LogP) is 1.73. The van der Waals surface area contributed by atoms with Gasteiger partial charge < -0.3 is 9.30 Å². The number of rotatable bonds is 1. The fourth-order valence-corrected chi connectivity index (χ4v) is 2.03. The Morgan fingerprint density at radius 2 is 2.12 bits per heavy atom. The summed E-state index contributed by atoms with van der Waals surface area (Å²) in [5.74, 6) is 0.634. The molecular weight excluding hydrogens is 216 g/mol. The minimum Gasteiger partial charge on any atom is -0.495 e. The van der Waals surface area contributed by atoms with E-state index in [1.165, 1.54) is 4.57 Å². The highest BCUT2D eigenvalue weighted by molar-refractivity contribution is 5.89. The topological polar surface area (TPSA) is 55.0 Å². The van der Waals surface area contributed by atoms with E-state index < -0.39 is 0 Å². The van der Waals surface area contributed by atoms with Crippen LogP contribution >= 0.6 is 0 Å². The van der Waals surface area contributed by atoms with E-state index in [9.17, 15) is 4.79 Å². The first-order valence-electron chi connectivity index (χ1n) is 5.18. The van der Waals surface area contributed by atoms with Crippen LogP contribution in [-0.4, -0.2) is 11.7 Å². The van der Waals surface area contributed by atoms with Gasteiger partial charge >= 0.3 is 0 Å². The molecule has 2 aromatic rings. The molecule has 0 radical (unpaired) electrons. The van der Waals surface area contributed by atoms with Crippen molar-refractivity contribution in [1.82, 2.24) is 4.57 Å². The molecule has 0 saturated carbocycles. The highest BCUT2D eigenvalue weighted by atomic mass is 16.5. The number of nitriles is 1. The largest absolute Gasteiger partial charge is 0.495 e. The number of aryl methyl sites for hydroxylation is 2. The monoisotopic (exact) mass is 228 g/mol. The number of benzene rings is 1. The minimum atomic E-state index is -0.290. The van der Waals surface area contributed by atoms with Gasteiger partial charge in [0.05, 0.1) is 12.6 Å². The zero-order valence-corrected chi connectivity index (χ0v) is 9.94. The number of hydrogen-bond donors (Lipinski definition) is 0. The van der Waals surface area contributed by atoms with Crippen molar-refractivity contribution in [1.29, 1.82) is 5.26 Å². The Morgan fingerprint density at radius 3 is 2.71 bits per heavy atom. The van der Waals surface area contributed by atoms with Crippen molar-refractivity contribution in [3.05, 3.63) is 39.7 Å². The first-order chi connectivity index (χ1) is 8.11. The molecule has 0 aliphatic carbocycles. The molecule has 0 amide bonds. The summed E-state index contributed by atoms with van der Waals surface area (Å²) in [7, 11) is 3.21. The van der Waals surface area contributed by atoms with Gasteiger partial charge in [0.25, 0.3) is 5.56 Å². The lowest BCUT2D eigenvalue weighted by molar-refractivity contribution is 0.417. The summed E-state index contributed by atoms with van der Waals surface area (Å²) in [5, 5.41) is 9.88. The molecule has 4 heteroatoms. The van der Waals surface area contributed by atoms with Crippen LogP contribution in [0.1, 0.15) is 11.1 Å². The van der Waals surface area contributed by atoms with Gasteiger partial charge in [-0.1, -0.05) is 12.1 Å². The SMILES string of the molecule is COc1cccc2c(C)c(C#N)c(=O)n(C)c12. The summed E-state index contributed by atoms with van der Waals surface area (Å²) in [6.07, 6.45) is 0. The second-order valence-corrected chi connectivity index (χ2v) is 3.83. The Kier molecular flexibility index (Phi) is 2.60. The number of methoxy groups -OCH3 is 1. The zero-order chi connectivity index (χ0) is 12.6. The van der Waals surface area contributed by atoms with E-state index in [0.717, 1.165) is 10.9 Å². The van der Waals surface area contributed by atoms with Crippen molar-refractivity contribution in [2.75, 3.05) is 7.11 Å². The Bertz CT molecular complexity index is 693. The second kappa shape index (κ2) is 3.95. The van der Waals surface area contributed by atoms with E-state index in [0.29, 0.717) is 11.3 Å². The van der Waals surface area contributed by atoms with Crippen molar-refractivity contribution < 1.29 is 4.74 Å². The summed E-state index contributed by atoms with van der Waals surface area (Å²) in [6, 6.07) is 7.49. The van der Waals surface area contributed by atoms with Crippen LogP contribution in [0.3, 0.4) is 0 Å². The average Bonchev–Trinajstić information content (AvgIpc) is 2.36. The molecule has 17 heavy (non-hydrogen) atoms. The van der Waals surface area contributed by atoms with Gasteiger partial charge in [-0.3, -0.25) is 4.79 Å². The molecule has 0 aliphatic heterocycles. The Hall–Kier alpha value is -2.28. The van der Waals surface area contributed by atoms with E-state index in [4.69, 9.17) is 10.00 Å².